The molecule has 1 N–H and O–H groups in total. The van der Waals surface area contributed by atoms with Crippen LogP contribution in [0.4, 0.5) is 0 Å². The average molecular weight is 392 g/mol. The van der Waals surface area contributed by atoms with Crippen LogP contribution >= 0.6 is 0 Å². The van der Waals surface area contributed by atoms with Crippen LogP contribution in [0.3, 0.4) is 0 Å². The first-order valence-electron chi connectivity index (χ1n) is 9.71. The van der Waals surface area contributed by atoms with Crippen molar-refractivity contribution in [1.29, 1.82) is 0 Å². The van der Waals surface area contributed by atoms with E-state index in [-0.39, 0.29) is 11.7 Å². The molecule has 1 aromatic carbocycles. The molecule has 0 radical (unpaired) electrons. The molecule has 8 nitrogen and oxygen atoms in total. The summed E-state index contributed by atoms with van der Waals surface area (Å²) in [7, 11) is 1.63. The maximum Gasteiger partial charge on any atom is 0.458 e. The van der Waals surface area contributed by atoms with E-state index < -0.39 is 0 Å². The van der Waals surface area contributed by atoms with Gasteiger partial charge in [0, 0.05) is 25.3 Å². The van der Waals surface area contributed by atoms with Crippen LogP contribution in [-0.4, -0.2) is 39.5 Å². The van der Waals surface area contributed by atoms with E-state index in [9.17, 15) is 4.79 Å². The molecule has 1 saturated heterocycles. The summed E-state index contributed by atoms with van der Waals surface area (Å²) in [6.07, 6.45) is 3.88. The molecule has 0 amide bonds. The molecule has 5 rings (SSSR count). The van der Waals surface area contributed by atoms with Crippen molar-refractivity contribution < 1.29 is 14.0 Å². The molecule has 4 heterocycles. The highest BCUT2D eigenvalue weighted by Crippen LogP contribution is 2.26. The molecule has 4 aromatic rings. The molecule has 1 aliphatic rings. The number of H-pyrrole nitrogens is 1. The predicted molar refractivity (Wildman–Crippen MR) is 107 cm³/mol. The summed E-state index contributed by atoms with van der Waals surface area (Å²) < 4.78 is 14.6. The minimum Gasteiger partial charge on any atom is -0.497 e. The molecule has 0 saturated carbocycles. The molecule has 1 atom stereocenters. The smallest absolute Gasteiger partial charge is 0.458 e. The van der Waals surface area contributed by atoms with Crippen molar-refractivity contribution >= 4 is 16.7 Å². The van der Waals surface area contributed by atoms with Gasteiger partial charge >= 0.3 is 5.78 Å². The van der Waals surface area contributed by atoms with E-state index in [1.165, 1.54) is 0 Å². The summed E-state index contributed by atoms with van der Waals surface area (Å²) in [5.41, 5.74) is 2.09. The number of fused-ring (bicyclic) bond motifs is 2. The van der Waals surface area contributed by atoms with Crippen LogP contribution in [0, 0.1) is 6.92 Å². The van der Waals surface area contributed by atoms with Gasteiger partial charge in [0.15, 0.2) is 11.2 Å². The Morgan fingerprint density at radius 3 is 3.03 bits per heavy atom. The van der Waals surface area contributed by atoms with E-state index >= 15 is 0 Å². The maximum absolute atomic E-state index is 13.5. The van der Waals surface area contributed by atoms with E-state index in [1.54, 1.807) is 22.4 Å². The predicted octanol–water partition coefficient (Wildman–Crippen LogP) is 2.02. The number of nitrogens with zero attached hydrogens (tertiary/aromatic N) is 4. The first-order valence-corrected chi connectivity index (χ1v) is 9.71. The number of aromatic amines is 1. The van der Waals surface area contributed by atoms with Crippen LogP contribution in [0.2, 0.25) is 0 Å². The fourth-order valence-electron chi connectivity index (χ4n) is 3.96. The topological polar surface area (TPSA) is 86.1 Å². The van der Waals surface area contributed by atoms with Gasteiger partial charge in [-0.25, -0.2) is 5.10 Å². The zero-order valence-electron chi connectivity index (χ0n) is 16.4. The zero-order valence-corrected chi connectivity index (χ0v) is 16.4. The van der Waals surface area contributed by atoms with Gasteiger partial charge in [-0.2, -0.15) is 0 Å². The first-order chi connectivity index (χ1) is 14.1. The quantitative estimate of drug-likeness (QED) is 0.537. The Kier molecular flexibility index (Phi) is 4.28. The SMILES string of the molecule is COc1cccc(-c2c3c(=O)n(CC4CCCO4)ccc3nc3nc(C)[nH][n+]23)c1. The molecule has 3 aromatic heterocycles. The van der Waals surface area contributed by atoms with Crippen molar-refractivity contribution in [2.75, 3.05) is 13.7 Å². The first kappa shape index (κ1) is 17.8. The van der Waals surface area contributed by atoms with Gasteiger partial charge in [-0.05, 0) is 31.0 Å². The summed E-state index contributed by atoms with van der Waals surface area (Å²) in [6.45, 7) is 3.16. The highest BCUT2D eigenvalue weighted by molar-refractivity contribution is 5.90. The van der Waals surface area contributed by atoms with Crippen LogP contribution in [0.25, 0.3) is 27.9 Å². The number of hydrogen-bond donors (Lipinski definition) is 1. The fourth-order valence-corrected chi connectivity index (χ4v) is 3.96. The third kappa shape index (κ3) is 3.05. The fraction of sp³-hybridized carbons (Fsp3) is 0.333. The number of benzene rings is 1. The molecule has 1 unspecified atom stereocenters. The number of hydrogen-bond acceptors (Lipinski definition) is 5. The lowest BCUT2D eigenvalue weighted by atomic mass is 10.1. The monoisotopic (exact) mass is 392 g/mol. The van der Waals surface area contributed by atoms with Gasteiger partial charge in [0.1, 0.15) is 11.1 Å². The van der Waals surface area contributed by atoms with Gasteiger partial charge in [0.25, 0.3) is 5.56 Å². The molecule has 29 heavy (non-hydrogen) atoms. The van der Waals surface area contributed by atoms with Crippen molar-refractivity contribution in [1.82, 2.24) is 19.6 Å². The number of aromatic nitrogens is 5. The summed E-state index contributed by atoms with van der Waals surface area (Å²) in [4.78, 5) is 22.6. The van der Waals surface area contributed by atoms with Gasteiger partial charge < -0.3 is 14.0 Å². The highest BCUT2D eigenvalue weighted by atomic mass is 16.5. The third-order valence-corrected chi connectivity index (χ3v) is 5.33. The molecule has 148 valence electrons. The molecule has 1 aliphatic heterocycles. The summed E-state index contributed by atoms with van der Waals surface area (Å²) in [5, 5.41) is 3.75. The lowest BCUT2D eigenvalue weighted by molar-refractivity contribution is -0.567. The van der Waals surface area contributed by atoms with E-state index in [1.807, 2.05) is 37.3 Å². The van der Waals surface area contributed by atoms with Gasteiger partial charge in [-0.3, -0.25) is 4.79 Å². The molecule has 0 aliphatic carbocycles. The molecular weight excluding hydrogens is 370 g/mol. The van der Waals surface area contributed by atoms with Crippen LogP contribution in [0.15, 0.2) is 41.3 Å². The Morgan fingerprint density at radius 2 is 2.24 bits per heavy atom. The third-order valence-electron chi connectivity index (χ3n) is 5.33. The Labute approximate surface area is 166 Å². The van der Waals surface area contributed by atoms with Crippen LogP contribution < -0.4 is 14.8 Å². The minimum atomic E-state index is -0.0926. The standard InChI is InChI=1S/C21H21N5O3/c1-13-22-21-23-17-8-9-25(12-16-7-4-10-29-16)20(27)18(17)19(26(21)24-13)14-5-3-6-15(11-14)28-2/h3,5-6,8-9,11,16H,4,7,10,12H2,1-2H3/p+1. The van der Waals surface area contributed by atoms with Gasteiger partial charge in [0.2, 0.25) is 5.82 Å². The summed E-state index contributed by atoms with van der Waals surface area (Å²) in [6, 6.07) is 9.52. The van der Waals surface area contributed by atoms with Crippen molar-refractivity contribution in [2.24, 2.45) is 0 Å². The van der Waals surface area contributed by atoms with Gasteiger partial charge in [-0.15, -0.1) is 4.52 Å². The largest absolute Gasteiger partial charge is 0.497 e. The molecule has 0 bridgehead atoms. The Hall–Kier alpha value is -3.26. The van der Waals surface area contributed by atoms with Crippen molar-refractivity contribution in [2.45, 2.75) is 32.4 Å². The Balaban J connectivity index is 1.81. The number of aryl methyl sites for hydroxylation is 1. The highest BCUT2D eigenvalue weighted by Gasteiger charge is 2.25. The summed E-state index contributed by atoms with van der Waals surface area (Å²) >= 11 is 0. The lowest BCUT2D eigenvalue weighted by Gasteiger charge is -2.13. The molecule has 0 spiro atoms. The van der Waals surface area contributed by atoms with E-state index in [2.05, 4.69) is 15.1 Å². The molecule has 1 fully saturated rings. The second-order valence-corrected chi connectivity index (χ2v) is 7.31. The number of methoxy groups -OCH3 is 1. The number of nitrogens with one attached hydrogen (secondary N) is 1. The number of rotatable bonds is 4. The minimum absolute atomic E-state index is 0.0733. The van der Waals surface area contributed by atoms with Crippen molar-refractivity contribution in [3.63, 3.8) is 0 Å². The van der Waals surface area contributed by atoms with E-state index in [4.69, 9.17) is 9.47 Å². The van der Waals surface area contributed by atoms with E-state index in [0.29, 0.717) is 29.0 Å². The lowest BCUT2D eigenvalue weighted by Crippen LogP contribution is -2.33. The zero-order chi connectivity index (χ0) is 20.0. The summed E-state index contributed by atoms with van der Waals surface area (Å²) in [5.74, 6) is 1.95. The second kappa shape index (κ2) is 6.97. The van der Waals surface area contributed by atoms with Gasteiger partial charge in [0.05, 0.1) is 19.8 Å². The normalized spacial score (nSPS) is 16.7. The van der Waals surface area contributed by atoms with Crippen LogP contribution in [0.5, 0.6) is 5.75 Å². The Bertz CT molecular complexity index is 1270. The van der Waals surface area contributed by atoms with E-state index in [0.717, 1.165) is 36.5 Å². The van der Waals surface area contributed by atoms with Crippen molar-refractivity contribution in [3.8, 4) is 17.0 Å². The maximum atomic E-state index is 13.5. The average Bonchev–Trinajstić information content (AvgIpc) is 3.37. The number of pyridine rings is 1. The second-order valence-electron chi connectivity index (χ2n) is 7.31. The van der Waals surface area contributed by atoms with Crippen LogP contribution in [0.1, 0.15) is 18.7 Å². The van der Waals surface area contributed by atoms with Gasteiger partial charge in [-0.1, -0.05) is 22.1 Å². The van der Waals surface area contributed by atoms with Crippen LogP contribution in [-0.2, 0) is 11.3 Å². The molecule has 8 heteroatoms. The van der Waals surface area contributed by atoms with Crippen molar-refractivity contribution in [3.05, 3.63) is 52.7 Å². The number of ether oxygens (including phenoxy) is 2. The Morgan fingerprint density at radius 1 is 1.34 bits per heavy atom. The molecular formula is C21H22N5O3+.